The second-order valence-corrected chi connectivity index (χ2v) is 8.88. The lowest BCUT2D eigenvalue weighted by atomic mass is 10.1. The third-order valence-corrected chi connectivity index (χ3v) is 6.69. The molecule has 0 bridgehead atoms. The summed E-state index contributed by atoms with van der Waals surface area (Å²) in [6, 6.07) is 10.8. The van der Waals surface area contributed by atoms with Crippen LogP contribution in [0.5, 0.6) is 11.5 Å². The normalized spacial score (nSPS) is 14.0. The van der Waals surface area contributed by atoms with E-state index in [0.29, 0.717) is 28.0 Å². The van der Waals surface area contributed by atoms with Gasteiger partial charge in [-0.2, -0.15) is 0 Å². The maximum absolute atomic E-state index is 13.7. The molecule has 1 amide bonds. The number of halogens is 2. The molecule has 4 rings (SSSR count). The van der Waals surface area contributed by atoms with E-state index in [1.54, 1.807) is 37.3 Å². The van der Waals surface area contributed by atoms with E-state index in [4.69, 9.17) is 30.8 Å². The van der Waals surface area contributed by atoms with E-state index in [0.717, 1.165) is 55.2 Å². The number of thiazole rings is 1. The molecule has 0 radical (unpaired) electrons. The Morgan fingerprint density at radius 1 is 1.18 bits per heavy atom. The van der Waals surface area contributed by atoms with Crippen molar-refractivity contribution in [3.8, 4) is 11.5 Å². The summed E-state index contributed by atoms with van der Waals surface area (Å²) in [5, 5.41) is 1.12. The van der Waals surface area contributed by atoms with Gasteiger partial charge in [0.2, 0.25) is 0 Å². The minimum atomic E-state index is -0.183. The minimum absolute atomic E-state index is 0. The van der Waals surface area contributed by atoms with E-state index < -0.39 is 0 Å². The van der Waals surface area contributed by atoms with E-state index in [1.165, 1.54) is 11.3 Å². The number of benzene rings is 2. The molecule has 1 fully saturated rings. The predicted octanol–water partition coefficient (Wildman–Crippen LogP) is 4.76. The van der Waals surface area contributed by atoms with Crippen LogP contribution in [-0.2, 0) is 4.74 Å². The van der Waals surface area contributed by atoms with Gasteiger partial charge in [0.15, 0.2) is 5.13 Å². The molecule has 10 heteroatoms. The zero-order valence-corrected chi connectivity index (χ0v) is 21.0. The molecule has 0 aliphatic carbocycles. The summed E-state index contributed by atoms with van der Waals surface area (Å²) >= 11 is 7.67. The lowest BCUT2D eigenvalue weighted by Crippen LogP contribution is -2.39. The number of morpholine rings is 1. The van der Waals surface area contributed by atoms with Gasteiger partial charge in [-0.15, -0.1) is 12.4 Å². The number of anilines is 1. The monoisotopic (exact) mass is 511 g/mol. The number of aromatic nitrogens is 1. The lowest BCUT2D eigenvalue weighted by molar-refractivity contribution is 0.0376. The molecule has 2 aromatic carbocycles. The van der Waals surface area contributed by atoms with Crippen LogP contribution in [0.2, 0.25) is 5.02 Å². The minimum Gasteiger partial charge on any atom is -0.497 e. The van der Waals surface area contributed by atoms with Crippen LogP contribution < -0.4 is 14.4 Å². The number of amides is 1. The molecule has 0 atom stereocenters. The van der Waals surface area contributed by atoms with Crippen LogP contribution in [-0.4, -0.2) is 69.4 Å². The van der Waals surface area contributed by atoms with Crippen LogP contribution in [0.3, 0.4) is 0 Å². The van der Waals surface area contributed by atoms with Crippen molar-refractivity contribution < 1.29 is 19.0 Å². The van der Waals surface area contributed by atoms with Crippen LogP contribution >= 0.6 is 35.3 Å². The molecule has 1 aromatic heterocycles. The molecule has 0 spiro atoms. The second-order valence-electron chi connectivity index (χ2n) is 7.44. The molecule has 1 saturated heterocycles. The van der Waals surface area contributed by atoms with Crippen molar-refractivity contribution in [3.05, 3.63) is 47.0 Å². The Morgan fingerprint density at radius 3 is 2.70 bits per heavy atom. The Kier molecular flexibility index (Phi) is 9.17. The van der Waals surface area contributed by atoms with Crippen LogP contribution in [0, 0.1) is 0 Å². The maximum Gasteiger partial charge on any atom is 0.263 e. The number of nitrogens with zero attached hydrogens (tertiary/aromatic N) is 3. The highest BCUT2D eigenvalue weighted by Crippen LogP contribution is 2.33. The van der Waals surface area contributed by atoms with E-state index in [2.05, 4.69) is 4.90 Å². The van der Waals surface area contributed by atoms with Crippen molar-refractivity contribution in [2.75, 3.05) is 58.5 Å². The fourth-order valence-electron chi connectivity index (χ4n) is 3.69. The van der Waals surface area contributed by atoms with Gasteiger partial charge in [0.1, 0.15) is 11.5 Å². The Labute approximate surface area is 208 Å². The van der Waals surface area contributed by atoms with Crippen molar-refractivity contribution >= 4 is 56.6 Å². The van der Waals surface area contributed by atoms with E-state index >= 15 is 0 Å². The molecular weight excluding hydrogens is 485 g/mol. The van der Waals surface area contributed by atoms with Gasteiger partial charge in [-0.1, -0.05) is 22.9 Å². The summed E-state index contributed by atoms with van der Waals surface area (Å²) < 4.78 is 17.2. The van der Waals surface area contributed by atoms with Crippen molar-refractivity contribution in [2.45, 2.75) is 6.42 Å². The highest BCUT2D eigenvalue weighted by atomic mass is 35.5. The molecule has 7 nitrogen and oxygen atoms in total. The Balaban J connectivity index is 0.00000306. The van der Waals surface area contributed by atoms with Gasteiger partial charge in [-0.05, 0) is 42.8 Å². The van der Waals surface area contributed by atoms with Crippen LogP contribution in [0.25, 0.3) is 10.2 Å². The van der Waals surface area contributed by atoms with Gasteiger partial charge in [-0.3, -0.25) is 14.6 Å². The van der Waals surface area contributed by atoms with Gasteiger partial charge in [0, 0.05) is 31.2 Å². The molecule has 178 valence electrons. The van der Waals surface area contributed by atoms with E-state index in [1.807, 2.05) is 18.2 Å². The highest BCUT2D eigenvalue weighted by Gasteiger charge is 2.25. The third kappa shape index (κ3) is 6.07. The number of hydrogen-bond acceptors (Lipinski definition) is 7. The topological polar surface area (TPSA) is 64.1 Å². The molecule has 0 N–H and O–H groups in total. The Bertz CT molecular complexity index is 1090. The predicted molar refractivity (Wildman–Crippen MR) is 135 cm³/mol. The Hall–Kier alpha value is -2.10. The summed E-state index contributed by atoms with van der Waals surface area (Å²) in [5.74, 6) is 1.06. The standard InChI is InChI=1S/C23H26ClN3O4S.ClH/c1-29-17-5-6-19-21(15-17)32-23(25-19)27(9-3-8-26-10-12-31-13-11-26)22(28)18-14-16(24)4-7-20(18)30-2;/h4-7,14-15H,3,8-13H2,1-2H3;1H. The van der Waals surface area contributed by atoms with E-state index in [9.17, 15) is 4.79 Å². The van der Waals surface area contributed by atoms with Crippen molar-refractivity contribution in [2.24, 2.45) is 0 Å². The van der Waals surface area contributed by atoms with Gasteiger partial charge < -0.3 is 14.2 Å². The molecule has 33 heavy (non-hydrogen) atoms. The first-order valence-electron chi connectivity index (χ1n) is 10.5. The summed E-state index contributed by atoms with van der Waals surface area (Å²) in [6.07, 6.45) is 0.813. The lowest BCUT2D eigenvalue weighted by Gasteiger charge is -2.28. The summed E-state index contributed by atoms with van der Waals surface area (Å²) in [6.45, 7) is 4.75. The zero-order valence-electron chi connectivity index (χ0n) is 18.6. The number of rotatable bonds is 8. The molecule has 2 heterocycles. The van der Waals surface area contributed by atoms with Gasteiger partial charge in [0.05, 0.1) is 43.2 Å². The van der Waals surface area contributed by atoms with Crippen LogP contribution in [0.4, 0.5) is 5.13 Å². The molecule has 0 unspecified atom stereocenters. The number of carbonyl (C=O) groups excluding carboxylic acids is 1. The van der Waals surface area contributed by atoms with Crippen molar-refractivity contribution in [3.63, 3.8) is 0 Å². The van der Waals surface area contributed by atoms with Crippen molar-refractivity contribution in [1.82, 2.24) is 9.88 Å². The number of ether oxygens (including phenoxy) is 3. The first-order chi connectivity index (χ1) is 15.6. The fourth-order valence-corrected chi connectivity index (χ4v) is 4.88. The zero-order chi connectivity index (χ0) is 22.5. The molecule has 1 aliphatic heterocycles. The maximum atomic E-state index is 13.7. The molecular formula is C23H27Cl2N3O4S. The third-order valence-electron chi connectivity index (χ3n) is 5.41. The average molecular weight is 512 g/mol. The molecule has 3 aromatic rings. The van der Waals surface area contributed by atoms with Gasteiger partial charge >= 0.3 is 0 Å². The number of methoxy groups -OCH3 is 2. The molecule has 1 aliphatic rings. The SMILES string of the molecule is COc1ccc2nc(N(CCCN3CCOCC3)C(=O)c3cc(Cl)ccc3OC)sc2c1.Cl. The first kappa shape index (κ1) is 25.5. The number of fused-ring (bicyclic) bond motifs is 1. The number of hydrogen-bond donors (Lipinski definition) is 0. The first-order valence-corrected chi connectivity index (χ1v) is 11.7. The molecule has 0 saturated carbocycles. The smallest absolute Gasteiger partial charge is 0.263 e. The van der Waals surface area contributed by atoms with Crippen molar-refractivity contribution in [1.29, 1.82) is 0 Å². The largest absolute Gasteiger partial charge is 0.497 e. The number of carbonyl (C=O) groups is 1. The van der Waals surface area contributed by atoms with Crippen LogP contribution in [0.15, 0.2) is 36.4 Å². The quantitative estimate of drug-likeness (QED) is 0.434. The van der Waals surface area contributed by atoms with Gasteiger partial charge in [0.25, 0.3) is 5.91 Å². The summed E-state index contributed by atoms with van der Waals surface area (Å²) in [5.41, 5.74) is 1.25. The van der Waals surface area contributed by atoms with Crippen LogP contribution in [0.1, 0.15) is 16.8 Å². The van der Waals surface area contributed by atoms with Gasteiger partial charge in [-0.25, -0.2) is 4.98 Å². The fraction of sp³-hybridized carbons (Fsp3) is 0.391. The van der Waals surface area contributed by atoms with E-state index in [-0.39, 0.29) is 18.3 Å². The summed E-state index contributed by atoms with van der Waals surface area (Å²) in [7, 11) is 3.18. The summed E-state index contributed by atoms with van der Waals surface area (Å²) in [4.78, 5) is 22.5. The average Bonchev–Trinajstić information content (AvgIpc) is 3.25. The second kappa shape index (κ2) is 11.9. The Morgan fingerprint density at radius 2 is 1.97 bits per heavy atom. The highest BCUT2D eigenvalue weighted by molar-refractivity contribution is 7.22.